The van der Waals surface area contributed by atoms with Gasteiger partial charge in [0.1, 0.15) is 0 Å². The number of nitrogens with zero attached hydrogens (tertiary/aromatic N) is 3. The molecule has 2 fully saturated rings. The zero-order valence-electron chi connectivity index (χ0n) is 18.3. The van der Waals surface area contributed by atoms with Crippen molar-refractivity contribution in [1.82, 2.24) is 14.9 Å². The maximum Gasteiger partial charge on any atom is 0.238 e. The van der Waals surface area contributed by atoms with Crippen molar-refractivity contribution in [2.45, 2.75) is 64.0 Å². The SMILES string of the molecule is CC1Oc2cc3c(cc2O1)C1(CC1)N(CCC1CCN(Cc2ccccn2)CC1)OC3. The van der Waals surface area contributed by atoms with Crippen LogP contribution < -0.4 is 9.47 Å². The molecular weight excluding hydrogens is 390 g/mol. The number of piperidine rings is 1. The molecule has 6 rings (SSSR count). The van der Waals surface area contributed by atoms with Gasteiger partial charge in [0.25, 0.3) is 0 Å². The summed E-state index contributed by atoms with van der Waals surface area (Å²) in [7, 11) is 0. The van der Waals surface area contributed by atoms with Crippen molar-refractivity contribution in [2.24, 2.45) is 5.92 Å². The smallest absolute Gasteiger partial charge is 0.238 e. The summed E-state index contributed by atoms with van der Waals surface area (Å²) in [5.74, 6) is 2.52. The van der Waals surface area contributed by atoms with E-state index in [0.717, 1.165) is 56.4 Å². The Labute approximate surface area is 184 Å². The van der Waals surface area contributed by atoms with E-state index < -0.39 is 0 Å². The van der Waals surface area contributed by atoms with Gasteiger partial charge >= 0.3 is 0 Å². The maximum absolute atomic E-state index is 6.28. The molecule has 1 aromatic carbocycles. The fraction of sp³-hybridized carbons (Fsp3) is 0.560. The first kappa shape index (κ1) is 19.5. The lowest BCUT2D eigenvalue weighted by Crippen LogP contribution is -2.41. The minimum Gasteiger partial charge on any atom is -0.451 e. The lowest BCUT2D eigenvalue weighted by atomic mass is 9.92. The number of hydroxylamine groups is 2. The molecule has 1 saturated heterocycles. The third-order valence-corrected chi connectivity index (χ3v) is 7.39. The summed E-state index contributed by atoms with van der Waals surface area (Å²) < 4.78 is 11.6. The molecule has 1 aliphatic carbocycles. The van der Waals surface area contributed by atoms with Gasteiger partial charge < -0.3 is 9.47 Å². The third kappa shape index (κ3) is 3.71. The number of hydrogen-bond donors (Lipinski definition) is 0. The number of rotatable bonds is 5. The van der Waals surface area contributed by atoms with Gasteiger partial charge in [-0.2, -0.15) is 5.06 Å². The minimum atomic E-state index is -0.199. The second kappa shape index (κ2) is 7.76. The maximum atomic E-state index is 6.28. The summed E-state index contributed by atoms with van der Waals surface area (Å²) in [5, 5.41) is 2.29. The van der Waals surface area contributed by atoms with E-state index in [1.807, 2.05) is 19.2 Å². The van der Waals surface area contributed by atoms with Crippen LogP contribution in [0.3, 0.4) is 0 Å². The van der Waals surface area contributed by atoms with Crippen LogP contribution in [0, 0.1) is 5.92 Å². The number of ether oxygens (including phenoxy) is 2. The quantitative estimate of drug-likeness (QED) is 0.720. The number of hydrogen-bond acceptors (Lipinski definition) is 6. The van der Waals surface area contributed by atoms with E-state index >= 15 is 0 Å². The molecular formula is C25H31N3O3. The van der Waals surface area contributed by atoms with Crippen LogP contribution in [-0.4, -0.2) is 40.9 Å². The van der Waals surface area contributed by atoms with Gasteiger partial charge in [-0.3, -0.25) is 14.7 Å². The predicted molar refractivity (Wildman–Crippen MR) is 116 cm³/mol. The molecule has 2 aromatic rings. The Hall–Kier alpha value is -2.15. The van der Waals surface area contributed by atoms with Gasteiger partial charge in [0, 0.05) is 26.2 Å². The number of aromatic nitrogens is 1. The summed E-state index contributed by atoms with van der Waals surface area (Å²) in [4.78, 5) is 13.3. The van der Waals surface area contributed by atoms with Crippen LogP contribution in [0.2, 0.25) is 0 Å². The number of likely N-dealkylation sites (tertiary alicyclic amines) is 1. The largest absolute Gasteiger partial charge is 0.451 e. The molecule has 1 atom stereocenters. The molecule has 164 valence electrons. The first-order chi connectivity index (χ1) is 15.2. The highest BCUT2D eigenvalue weighted by Gasteiger charge is 2.54. The Morgan fingerprint density at radius 3 is 2.65 bits per heavy atom. The van der Waals surface area contributed by atoms with E-state index in [1.54, 1.807) is 0 Å². The number of benzene rings is 1. The van der Waals surface area contributed by atoms with Crippen LogP contribution in [0.15, 0.2) is 36.5 Å². The Bertz CT molecular complexity index is 939. The first-order valence-electron chi connectivity index (χ1n) is 11.7. The van der Waals surface area contributed by atoms with Crippen molar-refractivity contribution in [3.8, 4) is 11.5 Å². The van der Waals surface area contributed by atoms with Gasteiger partial charge in [0.05, 0.1) is 17.8 Å². The van der Waals surface area contributed by atoms with Crippen LogP contribution in [0.5, 0.6) is 11.5 Å². The predicted octanol–water partition coefficient (Wildman–Crippen LogP) is 4.24. The highest BCUT2D eigenvalue weighted by atomic mass is 16.7. The fourth-order valence-corrected chi connectivity index (χ4v) is 5.50. The minimum absolute atomic E-state index is 0.0531. The van der Waals surface area contributed by atoms with E-state index in [-0.39, 0.29) is 11.8 Å². The van der Waals surface area contributed by atoms with Gasteiger partial charge in [-0.1, -0.05) is 6.07 Å². The Morgan fingerprint density at radius 2 is 1.90 bits per heavy atom. The Morgan fingerprint density at radius 1 is 1.10 bits per heavy atom. The van der Waals surface area contributed by atoms with Gasteiger partial charge in [-0.25, -0.2) is 0 Å². The molecule has 4 heterocycles. The van der Waals surface area contributed by atoms with Gasteiger partial charge in [-0.15, -0.1) is 0 Å². The highest BCUT2D eigenvalue weighted by Crippen LogP contribution is 2.56. The highest BCUT2D eigenvalue weighted by molar-refractivity contribution is 5.53. The first-order valence-corrected chi connectivity index (χ1v) is 11.7. The summed E-state index contributed by atoms with van der Waals surface area (Å²) in [6.45, 7) is 6.88. The zero-order chi connectivity index (χ0) is 20.8. The normalized spacial score (nSPS) is 25.0. The Kier molecular flexibility index (Phi) is 4.89. The monoisotopic (exact) mass is 421 g/mol. The summed E-state index contributed by atoms with van der Waals surface area (Å²) >= 11 is 0. The van der Waals surface area contributed by atoms with Crippen molar-refractivity contribution >= 4 is 0 Å². The topological polar surface area (TPSA) is 47.1 Å². The molecule has 31 heavy (non-hydrogen) atoms. The van der Waals surface area contributed by atoms with E-state index in [9.17, 15) is 0 Å². The van der Waals surface area contributed by atoms with E-state index in [4.69, 9.17) is 14.3 Å². The van der Waals surface area contributed by atoms with Crippen molar-refractivity contribution in [3.05, 3.63) is 53.3 Å². The average molecular weight is 422 g/mol. The van der Waals surface area contributed by atoms with Crippen LogP contribution in [0.25, 0.3) is 0 Å². The van der Waals surface area contributed by atoms with E-state index in [1.165, 1.54) is 36.1 Å². The van der Waals surface area contributed by atoms with E-state index in [0.29, 0.717) is 6.61 Å². The molecule has 6 nitrogen and oxygen atoms in total. The van der Waals surface area contributed by atoms with Crippen molar-refractivity contribution < 1.29 is 14.3 Å². The molecule has 0 amide bonds. The van der Waals surface area contributed by atoms with E-state index in [2.05, 4.69) is 39.2 Å². The molecule has 6 heteroatoms. The number of fused-ring (bicyclic) bond motifs is 3. The summed E-state index contributed by atoms with van der Waals surface area (Å²) in [6.07, 6.45) is 7.75. The van der Waals surface area contributed by atoms with Crippen LogP contribution in [0.1, 0.15) is 55.8 Å². The molecule has 3 aliphatic heterocycles. The molecule has 1 saturated carbocycles. The standard InChI is InChI=1S/C25H31N3O3/c1-18-30-23-14-20-17-29-28(25(8-9-25)22(20)15-24(23)31-18)13-7-19-5-11-27(12-6-19)16-21-4-2-3-10-26-21/h2-4,10,14-15,18-19H,5-9,11-13,16-17H2,1H3. The molecule has 1 spiro atoms. The molecule has 1 unspecified atom stereocenters. The van der Waals surface area contributed by atoms with Crippen molar-refractivity contribution in [1.29, 1.82) is 0 Å². The van der Waals surface area contributed by atoms with Gasteiger partial charge in [-0.05, 0) is 86.5 Å². The summed E-state index contributed by atoms with van der Waals surface area (Å²) in [5.41, 5.74) is 3.87. The fourth-order valence-electron chi connectivity index (χ4n) is 5.50. The Balaban J connectivity index is 1.05. The van der Waals surface area contributed by atoms with Crippen molar-refractivity contribution in [3.63, 3.8) is 0 Å². The third-order valence-electron chi connectivity index (χ3n) is 7.39. The van der Waals surface area contributed by atoms with Crippen LogP contribution in [-0.2, 0) is 23.5 Å². The average Bonchev–Trinajstić information content (AvgIpc) is 3.48. The molecule has 0 radical (unpaired) electrons. The second-order valence-corrected chi connectivity index (χ2v) is 9.50. The number of pyridine rings is 1. The zero-order valence-corrected chi connectivity index (χ0v) is 18.3. The molecule has 0 bridgehead atoms. The second-order valence-electron chi connectivity index (χ2n) is 9.50. The van der Waals surface area contributed by atoms with Crippen LogP contribution in [0.4, 0.5) is 0 Å². The van der Waals surface area contributed by atoms with Crippen molar-refractivity contribution in [2.75, 3.05) is 19.6 Å². The lowest BCUT2D eigenvalue weighted by Gasteiger charge is -2.38. The lowest BCUT2D eigenvalue weighted by molar-refractivity contribution is -0.222. The molecule has 4 aliphatic rings. The molecule has 0 N–H and O–H groups in total. The van der Waals surface area contributed by atoms with Gasteiger partial charge in [0.15, 0.2) is 11.5 Å². The molecule has 1 aromatic heterocycles. The van der Waals surface area contributed by atoms with Gasteiger partial charge in [0.2, 0.25) is 6.29 Å². The van der Waals surface area contributed by atoms with Crippen LogP contribution >= 0.6 is 0 Å². The summed E-state index contributed by atoms with van der Waals surface area (Å²) in [6, 6.07) is 10.5.